The number of aromatic nitrogens is 6. The van der Waals surface area contributed by atoms with Gasteiger partial charge in [-0.2, -0.15) is 0 Å². The molecule has 1 amide bonds. The Hall–Kier alpha value is -3.79. The maximum atomic E-state index is 11.7. The molecule has 0 atom stereocenters. The Morgan fingerprint density at radius 3 is 1.75 bits per heavy atom. The van der Waals surface area contributed by atoms with Gasteiger partial charge in [0.2, 0.25) is 13.1 Å². The van der Waals surface area contributed by atoms with Crippen LogP contribution >= 0.6 is 0 Å². The van der Waals surface area contributed by atoms with Gasteiger partial charge in [0, 0.05) is 163 Å². The van der Waals surface area contributed by atoms with Crippen molar-refractivity contribution in [3.05, 3.63) is 89.3 Å². The molecule has 10 nitrogen and oxygen atoms in total. The maximum Gasteiger partial charge on any atom is 0.251 e. The Labute approximate surface area is 322 Å². The third-order valence-corrected chi connectivity index (χ3v) is 8.21. The summed E-state index contributed by atoms with van der Waals surface area (Å²) in [6.45, 7) is 15.0. The number of hydrogen-bond acceptors (Lipinski definition) is 4. The Balaban J connectivity index is 0.000000211. The lowest BCUT2D eigenvalue weighted by atomic mass is 8.41. The molecule has 2 aromatic carbocycles. The summed E-state index contributed by atoms with van der Waals surface area (Å²) in [7, 11) is 56.7. The molecule has 3 aromatic heterocycles. The smallest absolute Gasteiger partial charge is 0.251 e. The normalized spacial score (nSPS) is 9.88. The molecule has 3 heterocycles. The lowest BCUT2D eigenvalue weighted by molar-refractivity contribution is 0.0955. The highest BCUT2D eigenvalue weighted by molar-refractivity contribution is 8.17. The van der Waals surface area contributed by atoms with Crippen molar-refractivity contribution in [2.45, 2.75) is 6.54 Å². The Morgan fingerprint density at radius 2 is 1.23 bits per heavy atom. The second kappa shape index (κ2) is 21.0. The summed E-state index contributed by atoms with van der Waals surface area (Å²) in [5.41, 5.74) is 3.55. The molecule has 0 spiro atoms. The van der Waals surface area contributed by atoms with Gasteiger partial charge in [-0.25, -0.2) is 17.8 Å². The second-order valence-electron chi connectivity index (χ2n) is 11.9. The summed E-state index contributed by atoms with van der Waals surface area (Å²) in [6.07, 6.45) is -2.30. The molecule has 5 aromatic rings. The van der Waals surface area contributed by atoms with Gasteiger partial charge < -0.3 is 25.0 Å². The van der Waals surface area contributed by atoms with E-state index >= 15 is 0 Å². The van der Waals surface area contributed by atoms with E-state index in [2.05, 4.69) is 40.5 Å². The highest BCUT2D eigenvalue weighted by Gasteiger charge is 2.42. The molecule has 0 aliphatic carbocycles. The second-order valence-corrected chi connectivity index (χ2v) is 11.9. The van der Waals surface area contributed by atoms with Crippen molar-refractivity contribution < 1.29 is 4.79 Å². The zero-order chi connectivity index (χ0) is 38.4. The van der Waals surface area contributed by atoms with Gasteiger partial charge in [-0.3, -0.25) is 4.79 Å². The molecule has 0 saturated carbocycles. The quantitative estimate of drug-likeness (QED) is 0.0708. The zero-order valence-electron chi connectivity index (χ0n) is 28.6. The molecule has 52 heavy (non-hydrogen) atoms. The average molecular weight is 646 g/mol. The molecular formula is C24H21B18N9O. The molecule has 5 rings (SSSR count). The van der Waals surface area contributed by atoms with Crippen molar-refractivity contribution in [1.82, 2.24) is 35.5 Å². The number of hydrogen-bond donors (Lipinski definition) is 3. The van der Waals surface area contributed by atoms with Gasteiger partial charge >= 0.3 is 0 Å². The Kier molecular flexibility index (Phi) is 17.2. The fourth-order valence-corrected chi connectivity index (χ4v) is 5.72. The zero-order valence-corrected chi connectivity index (χ0v) is 28.6. The number of nitrogens with one attached hydrogen (secondary N) is 3. The number of carbonyl (C=O) groups excluding carboxylic acids is 1. The van der Waals surface area contributed by atoms with Crippen molar-refractivity contribution in [2.75, 3.05) is 19.6 Å². The highest BCUT2D eigenvalue weighted by Crippen LogP contribution is 2.21. The van der Waals surface area contributed by atoms with Crippen LogP contribution in [0.25, 0.3) is 42.9 Å². The molecule has 0 unspecified atom stereocenters. The van der Waals surface area contributed by atoms with E-state index in [1.54, 1.807) is 10.7 Å². The fraction of sp³-hybridized carbons (Fsp3) is 0.167. The SMILES string of the molecule is [B]B([B])B(B([B])[B])B(B([B])[B])B(B([B])[B])B([B])[B].[C-]#[N+]CCNC(=O)c1ccc2cc[nH]c2c1.[C-]#[N+]CCn1nnnc1-c1ccc2cc[nH]c2c1. The maximum absolute atomic E-state index is 11.7. The van der Waals surface area contributed by atoms with Gasteiger partial charge in [0.1, 0.15) is 6.54 Å². The molecular weight excluding hydrogens is 625 g/mol. The number of amides is 1. The van der Waals surface area contributed by atoms with Crippen LogP contribution in [0.1, 0.15) is 10.4 Å². The topological polar surface area (TPSA) is 113 Å². The summed E-state index contributed by atoms with van der Waals surface area (Å²) in [5, 5.41) is 16.5. The minimum atomic E-state index is -0.853. The molecule has 0 fully saturated rings. The van der Waals surface area contributed by atoms with E-state index in [9.17, 15) is 4.79 Å². The lowest BCUT2D eigenvalue weighted by Gasteiger charge is -2.40. The third-order valence-electron chi connectivity index (χ3n) is 8.21. The molecule has 222 valence electrons. The van der Waals surface area contributed by atoms with E-state index in [0.717, 1.165) is 27.4 Å². The fourth-order valence-electron chi connectivity index (χ4n) is 5.72. The van der Waals surface area contributed by atoms with Gasteiger partial charge in [-0.15, -0.1) is 5.10 Å². The van der Waals surface area contributed by atoms with E-state index < -0.39 is 51.1 Å². The van der Waals surface area contributed by atoms with E-state index in [4.69, 9.17) is 90.5 Å². The van der Waals surface area contributed by atoms with Gasteiger partial charge in [-0.05, 0) is 51.5 Å². The van der Waals surface area contributed by atoms with E-state index in [0.29, 0.717) is 37.6 Å². The number of rotatable bonds is 13. The minimum Gasteiger partial charge on any atom is -0.361 e. The first kappa shape index (κ1) is 42.6. The number of nitrogens with zero attached hydrogens (tertiary/aromatic N) is 6. The van der Waals surface area contributed by atoms with Crippen LogP contribution < -0.4 is 5.32 Å². The van der Waals surface area contributed by atoms with Gasteiger partial charge in [0.15, 0.2) is 5.82 Å². The molecule has 28 heteroatoms. The number of tetrazole rings is 1. The van der Waals surface area contributed by atoms with Crippen LogP contribution in [0.3, 0.4) is 0 Å². The minimum absolute atomic E-state index is 0.139. The third kappa shape index (κ3) is 11.9. The standard InChI is InChI=1S/C12H10N6.C12H11N3O.B18/c1-13-6-7-18-12(15-16-17-18)10-3-2-9-4-5-14-11(9)8-10;1-13-6-7-15-12(16)10-3-2-9-4-5-14-11(9)8-10;1-11(2)16(12(3)4)18(15(9)10)17(13(5)6)14(7)8/h2-5,8,14H,6-7H2;2-5,8,14H,6-7H2,(H,15,16);. The van der Waals surface area contributed by atoms with Crippen molar-refractivity contribution in [1.29, 1.82) is 0 Å². The van der Waals surface area contributed by atoms with Crippen LogP contribution in [-0.4, -0.2) is 184 Å². The van der Waals surface area contributed by atoms with Crippen molar-refractivity contribution in [2.24, 2.45) is 0 Å². The first-order chi connectivity index (χ1) is 24.8. The van der Waals surface area contributed by atoms with Gasteiger partial charge in [0.05, 0.1) is 6.54 Å². The molecule has 0 aliphatic heterocycles. The molecule has 20 radical (unpaired) electrons. The van der Waals surface area contributed by atoms with Gasteiger partial charge in [0.25, 0.3) is 5.91 Å². The monoisotopic (exact) mass is 649 g/mol. The van der Waals surface area contributed by atoms with E-state index in [-0.39, 0.29) is 5.91 Å². The molecule has 3 N–H and O–H groups in total. The number of carbonyl (C=O) groups is 1. The van der Waals surface area contributed by atoms with Crippen LogP contribution in [0, 0.1) is 13.1 Å². The first-order valence-corrected chi connectivity index (χ1v) is 16.2. The predicted octanol–water partition coefficient (Wildman–Crippen LogP) is -3.30. The van der Waals surface area contributed by atoms with Crippen molar-refractivity contribution >= 4 is 156 Å². The number of benzene rings is 2. The summed E-state index contributed by atoms with van der Waals surface area (Å²) in [5.74, 6) is 0.551. The average Bonchev–Trinajstić information content (AvgIpc) is 3.87. The summed E-state index contributed by atoms with van der Waals surface area (Å²) in [6, 6.07) is 15.5. The van der Waals surface area contributed by atoms with Gasteiger partial charge in [-0.1, -0.05) is 18.2 Å². The van der Waals surface area contributed by atoms with Crippen LogP contribution in [0.15, 0.2) is 60.9 Å². The summed E-state index contributed by atoms with van der Waals surface area (Å²) >= 11 is 0. The van der Waals surface area contributed by atoms with E-state index in [1.807, 2.05) is 54.9 Å². The summed E-state index contributed by atoms with van der Waals surface area (Å²) in [4.78, 5) is 24.4. The predicted molar refractivity (Wildman–Crippen MR) is 232 cm³/mol. The molecule has 0 aliphatic rings. The highest BCUT2D eigenvalue weighted by atomic mass is 16.1. The van der Waals surface area contributed by atoms with Crippen LogP contribution in [-0.2, 0) is 6.54 Å². The van der Waals surface area contributed by atoms with Crippen molar-refractivity contribution in [3.8, 4) is 11.4 Å². The van der Waals surface area contributed by atoms with Crippen molar-refractivity contribution in [3.63, 3.8) is 0 Å². The molecule has 0 saturated heterocycles. The summed E-state index contributed by atoms with van der Waals surface area (Å²) < 4.78 is 1.65. The Morgan fingerprint density at radius 1 is 0.712 bits per heavy atom. The largest absolute Gasteiger partial charge is 0.361 e. The number of fused-ring (bicyclic) bond motifs is 2. The number of H-pyrrole nitrogens is 2. The number of aromatic amines is 2. The first-order valence-electron chi connectivity index (χ1n) is 16.2. The molecule has 0 bridgehead atoms. The van der Waals surface area contributed by atoms with Crippen LogP contribution in [0.5, 0.6) is 0 Å². The Bertz CT molecular complexity index is 1900. The van der Waals surface area contributed by atoms with Crippen LogP contribution in [0.2, 0.25) is 0 Å². The van der Waals surface area contributed by atoms with E-state index in [1.165, 1.54) is 0 Å². The van der Waals surface area contributed by atoms with Crippen LogP contribution in [0.4, 0.5) is 0 Å². The lowest BCUT2D eigenvalue weighted by Crippen LogP contribution is -2.78.